The van der Waals surface area contributed by atoms with Crippen LogP contribution in [-0.2, 0) is 4.79 Å². The summed E-state index contributed by atoms with van der Waals surface area (Å²) in [6, 6.07) is 0.354. The fourth-order valence-electron chi connectivity index (χ4n) is 1.94. The molecule has 1 saturated carbocycles. The molecule has 15 heavy (non-hydrogen) atoms. The fourth-order valence-corrected chi connectivity index (χ4v) is 3.01. The molecule has 3 unspecified atom stereocenters. The molecule has 4 heteroatoms. The van der Waals surface area contributed by atoms with E-state index in [1.165, 1.54) is 19.3 Å². The first kappa shape index (κ1) is 13.2. The van der Waals surface area contributed by atoms with Crippen LogP contribution in [0, 0.1) is 5.92 Å². The maximum atomic E-state index is 11.7. The molecule has 1 rings (SSSR count). The Balaban J connectivity index is 2.44. The minimum atomic E-state index is -0.0731. The third kappa shape index (κ3) is 3.87. The standard InChI is InChI=1S/C11H20ClNOS/c1-8(7-12)11(14)13-9-5-3-4-6-10(9)15-2/h8-10H,3-7H2,1-2H3,(H,13,14). The Morgan fingerprint density at radius 3 is 2.80 bits per heavy atom. The van der Waals surface area contributed by atoms with Crippen molar-refractivity contribution in [1.82, 2.24) is 5.32 Å². The number of thioether (sulfide) groups is 1. The number of alkyl halides is 1. The van der Waals surface area contributed by atoms with Gasteiger partial charge in [0.25, 0.3) is 0 Å². The van der Waals surface area contributed by atoms with Gasteiger partial charge in [-0.1, -0.05) is 19.8 Å². The van der Waals surface area contributed by atoms with Gasteiger partial charge in [0.1, 0.15) is 0 Å². The van der Waals surface area contributed by atoms with Crippen LogP contribution in [0.5, 0.6) is 0 Å². The number of carbonyl (C=O) groups is 1. The highest BCUT2D eigenvalue weighted by Crippen LogP contribution is 2.27. The average Bonchev–Trinajstić information content (AvgIpc) is 2.28. The molecule has 0 radical (unpaired) electrons. The lowest BCUT2D eigenvalue weighted by atomic mass is 9.94. The van der Waals surface area contributed by atoms with Gasteiger partial charge in [-0.15, -0.1) is 11.6 Å². The predicted octanol–water partition coefficient (Wildman–Crippen LogP) is 2.65. The lowest BCUT2D eigenvalue weighted by Gasteiger charge is -2.31. The number of amides is 1. The van der Waals surface area contributed by atoms with Crippen molar-refractivity contribution < 1.29 is 4.79 Å². The molecule has 0 aromatic rings. The Bertz CT molecular complexity index is 213. The van der Waals surface area contributed by atoms with Gasteiger partial charge in [0.05, 0.1) is 0 Å². The summed E-state index contributed by atoms with van der Waals surface area (Å²) in [6.45, 7) is 1.87. The van der Waals surface area contributed by atoms with E-state index in [1.807, 2.05) is 18.7 Å². The fraction of sp³-hybridized carbons (Fsp3) is 0.909. The molecule has 0 heterocycles. The molecule has 88 valence electrons. The summed E-state index contributed by atoms with van der Waals surface area (Å²) in [5.74, 6) is 0.440. The van der Waals surface area contributed by atoms with Crippen molar-refractivity contribution in [3.63, 3.8) is 0 Å². The summed E-state index contributed by atoms with van der Waals surface area (Å²) in [6.07, 6.45) is 6.99. The number of hydrogen-bond donors (Lipinski definition) is 1. The summed E-state index contributed by atoms with van der Waals surface area (Å²) in [7, 11) is 0. The minimum absolute atomic E-state index is 0.0731. The molecule has 1 aliphatic carbocycles. The highest BCUT2D eigenvalue weighted by molar-refractivity contribution is 7.99. The molecule has 0 spiro atoms. The SMILES string of the molecule is CSC1CCCCC1NC(=O)C(C)CCl. The Hall–Kier alpha value is 0.110. The van der Waals surface area contributed by atoms with Crippen molar-refractivity contribution in [3.05, 3.63) is 0 Å². The second-order valence-electron chi connectivity index (χ2n) is 4.23. The number of rotatable bonds is 4. The van der Waals surface area contributed by atoms with Crippen LogP contribution in [0.15, 0.2) is 0 Å². The zero-order valence-electron chi connectivity index (χ0n) is 9.46. The van der Waals surface area contributed by atoms with Crippen molar-refractivity contribution in [2.45, 2.75) is 43.9 Å². The smallest absolute Gasteiger partial charge is 0.224 e. The van der Waals surface area contributed by atoms with Crippen LogP contribution in [0.4, 0.5) is 0 Å². The van der Waals surface area contributed by atoms with Crippen molar-refractivity contribution in [1.29, 1.82) is 0 Å². The highest BCUT2D eigenvalue weighted by atomic mass is 35.5. The summed E-state index contributed by atoms with van der Waals surface area (Å²) < 4.78 is 0. The molecule has 1 N–H and O–H groups in total. The Kier molecular flexibility index (Phi) is 5.83. The molecule has 1 fully saturated rings. The molecule has 0 aliphatic heterocycles. The van der Waals surface area contributed by atoms with Crippen LogP contribution >= 0.6 is 23.4 Å². The second kappa shape index (κ2) is 6.64. The molecule has 1 amide bonds. The molecule has 0 bridgehead atoms. The van der Waals surface area contributed by atoms with Crippen LogP contribution in [0.2, 0.25) is 0 Å². The van der Waals surface area contributed by atoms with Crippen LogP contribution in [-0.4, -0.2) is 29.3 Å². The first-order chi connectivity index (χ1) is 7.19. The van der Waals surface area contributed by atoms with Gasteiger partial charge in [-0.3, -0.25) is 4.79 Å². The minimum Gasteiger partial charge on any atom is -0.352 e. The van der Waals surface area contributed by atoms with Gasteiger partial charge in [-0.2, -0.15) is 11.8 Å². The van der Waals surface area contributed by atoms with E-state index in [4.69, 9.17) is 11.6 Å². The van der Waals surface area contributed by atoms with Gasteiger partial charge in [0, 0.05) is 23.1 Å². The van der Waals surface area contributed by atoms with E-state index in [9.17, 15) is 4.79 Å². The number of halogens is 1. The van der Waals surface area contributed by atoms with Crippen molar-refractivity contribution in [2.75, 3.05) is 12.1 Å². The first-order valence-electron chi connectivity index (χ1n) is 5.58. The molecule has 1 aliphatic rings. The molecule has 3 atom stereocenters. The Morgan fingerprint density at radius 1 is 1.53 bits per heavy atom. The first-order valence-corrected chi connectivity index (χ1v) is 7.40. The van der Waals surface area contributed by atoms with Gasteiger partial charge >= 0.3 is 0 Å². The monoisotopic (exact) mass is 249 g/mol. The zero-order valence-corrected chi connectivity index (χ0v) is 11.0. The van der Waals surface area contributed by atoms with E-state index in [-0.39, 0.29) is 11.8 Å². The summed E-state index contributed by atoms with van der Waals surface area (Å²) >= 11 is 7.54. The number of hydrogen-bond acceptors (Lipinski definition) is 2. The van der Waals surface area contributed by atoms with E-state index >= 15 is 0 Å². The van der Waals surface area contributed by atoms with Crippen molar-refractivity contribution in [2.24, 2.45) is 5.92 Å². The molecule has 0 aromatic heterocycles. The van der Waals surface area contributed by atoms with Gasteiger partial charge < -0.3 is 5.32 Å². The Morgan fingerprint density at radius 2 is 2.20 bits per heavy atom. The quantitative estimate of drug-likeness (QED) is 0.777. The van der Waals surface area contributed by atoms with Crippen LogP contribution in [0.1, 0.15) is 32.6 Å². The van der Waals surface area contributed by atoms with Gasteiger partial charge in [-0.05, 0) is 19.1 Å². The molecule has 0 aromatic carbocycles. The normalized spacial score (nSPS) is 28.5. The van der Waals surface area contributed by atoms with Gasteiger partial charge in [0.15, 0.2) is 0 Å². The topological polar surface area (TPSA) is 29.1 Å². The largest absolute Gasteiger partial charge is 0.352 e. The van der Waals surface area contributed by atoms with Crippen LogP contribution in [0.25, 0.3) is 0 Å². The van der Waals surface area contributed by atoms with E-state index < -0.39 is 0 Å². The summed E-state index contributed by atoms with van der Waals surface area (Å²) in [4.78, 5) is 11.7. The number of carbonyl (C=O) groups excluding carboxylic acids is 1. The van der Waals surface area contributed by atoms with Gasteiger partial charge in [-0.25, -0.2) is 0 Å². The highest BCUT2D eigenvalue weighted by Gasteiger charge is 2.26. The van der Waals surface area contributed by atoms with Crippen molar-refractivity contribution in [3.8, 4) is 0 Å². The summed E-state index contributed by atoms with van der Waals surface area (Å²) in [5.41, 5.74) is 0. The Labute approximate surface area is 102 Å². The van der Waals surface area contributed by atoms with E-state index in [0.717, 1.165) is 6.42 Å². The van der Waals surface area contributed by atoms with E-state index in [2.05, 4.69) is 11.6 Å². The number of nitrogens with one attached hydrogen (secondary N) is 1. The van der Waals surface area contributed by atoms with Gasteiger partial charge in [0.2, 0.25) is 5.91 Å². The van der Waals surface area contributed by atoms with E-state index in [0.29, 0.717) is 17.2 Å². The van der Waals surface area contributed by atoms with Crippen LogP contribution in [0.3, 0.4) is 0 Å². The maximum absolute atomic E-state index is 11.7. The third-order valence-corrected chi connectivity index (χ3v) is 4.64. The average molecular weight is 250 g/mol. The molecule has 2 nitrogen and oxygen atoms in total. The third-order valence-electron chi connectivity index (χ3n) is 3.01. The van der Waals surface area contributed by atoms with E-state index in [1.54, 1.807) is 0 Å². The maximum Gasteiger partial charge on any atom is 0.224 e. The second-order valence-corrected chi connectivity index (χ2v) is 5.61. The summed E-state index contributed by atoms with van der Waals surface area (Å²) in [5, 5.41) is 3.71. The molecular weight excluding hydrogens is 230 g/mol. The molecular formula is C11H20ClNOS. The van der Waals surface area contributed by atoms with Crippen molar-refractivity contribution >= 4 is 29.3 Å². The lowest BCUT2D eigenvalue weighted by molar-refractivity contribution is -0.124. The van der Waals surface area contributed by atoms with Crippen LogP contribution < -0.4 is 5.32 Å². The lowest BCUT2D eigenvalue weighted by Crippen LogP contribution is -2.45. The molecule has 0 saturated heterocycles. The predicted molar refractivity (Wildman–Crippen MR) is 67.6 cm³/mol. The zero-order chi connectivity index (χ0) is 11.3.